The summed E-state index contributed by atoms with van der Waals surface area (Å²) < 4.78 is 32.9. The lowest BCUT2D eigenvalue weighted by atomic mass is 10.1. The van der Waals surface area contributed by atoms with Crippen molar-refractivity contribution in [2.24, 2.45) is 0 Å². The molecule has 22 heavy (non-hydrogen) atoms. The first kappa shape index (κ1) is 14.8. The zero-order valence-corrected chi connectivity index (χ0v) is 13.7. The minimum Gasteiger partial charge on any atom is -0.355 e. The van der Waals surface area contributed by atoms with Crippen LogP contribution in [0.4, 0.5) is 5.69 Å². The third-order valence-corrected chi connectivity index (χ3v) is 6.33. The van der Waals surface area contributed by atoms with E-state index >= 15 is 0 Å². The molecule has 0 aliphatic heterocycles. The number of aromatic nitrogens is 1. The second-order valence-corrected chi connectivity index (χ2v) is 7.84. The summed E-state index contributed by atoms with van der Waals surface area (Å²) in [5, 5.41) is 3.63. The molecule has 1 N–H and O–H groups in total. The van der Waals surface area contributed by atoms with Crippen LogP contribution in [0, 0.1) is 13.8 Å². The van der Waals surface area contributed by atoms with Gasteiger partial charge in [0.1, 0.15) is 4.21 Å². The first-order valence-electron chi connectivity index (χ1n) is 6.57. The number of nitrogens with zero attached hydrogens (tertiary/aromatic N) is 1. The van der Waals surface area contributed by atoms with Crippen LogP contribution in [-0.2, 0) is 10.0 Å². The SMILES string of the molecule is Cc1cccc(NS(=O)(=O)c2ccc(-c3ccno3)s2)c1C. The van der Waals surface area contributed by atoms with E-state index in [1.165, 1.54) is 6.20 Å². The van der Waals surface area contributed by atoms with E-state index in [-0.39, 0.29) is 4.21 Å². The highest BCUT2D eigenvalue weighted by atomic mass is 32.2. The Bertz CT molecular complexity index is 897. The molecule has 0 radical (unpaired) electrons. The Balaban J connectivity index is 1.92. The predicted octanol–water partition coefficient (Wildman–Crippen LogP) is 3.82. The molecule has 0 saturated heterocycles. The first-order valence-corrected chi connectivity index (χ1v) is 8.87. The van der Waals surface area contributed by atoms with E-state index in [2.05, 4.69) is 9.88 Å². The third-order valence-electron chi connectivity index (χ3n) is 3.38. The quantitative estimate of drug-likeness (QED) is 0.787. The van der Waals surface area contributed by atoms with E-state index in [4.69, 9.17) is 4.52 Å². The molecule has 0 bridgehead atoms. The van der Waals surface area contributed by atoms with Crippen LogP contribution in [0.2, 0.25) is 0 Å². The van der Waals surface area contributed by atoms with Gasteiger partial charge in [0, 0.05) is 6.07 Å². The van der Waals surface area contributed by atoms with Gasteiger partial charge in [0.2, 0.25) is 0 Å². The van der Waals surface area contributed by atoms with Crippen LogP contribution < -0.4 is 4.72 Å². The fourth-order valence-corrected chi connectivity index (χ4v) is 4.38. The van der Waals surface area contributed by atoms with Crippen molar-refractivity contribution in [1.82, 2.24) is 5.16 Å². The molecule has 5 nitrogen and oxygen atoms in total. The number of hydrogen-bond donors (Lipinski definition) is 1. The smallest absolute Gasteiger partial charge is 0.271 e. The van der Waals surface area contributed by atoms with Gasteiger partial charge in [0.05, 0.1) is 16.8 Å². The second-order valence-electron chi connectivity index (χ2n) is 4.85. The maximum absolute atomic E-state index is 12.5. The zero-order valence-electron chi connectivity index (χ0n) is 12.0. The van der Waals surface area contributed by atoms with Gasteiger partial charge in [-0.1, -0.05) is 17.3 Å². The van der Waals surface area contributed by atoms with Gasteiger partial charge in [-0.2, -0.15) is 0 Å². The van der Waals surface area contributed by atoms with Crippen molar-refractivity contribution < 1.29 is 12.9 Å². The van der Waals surface area contributed by atoms with Crippen LogP contribution in [0.5, 0.6) is 0 Å². The first-order chi connectivity index (χ1) is 10.5. The highest BCUT2D eigenvalue weighted by Gasteiger charge is 2.19. The standard InChI is InChI=1S/C15H14N2O3S2/c1-10-4-3-5-12(11(10)2)17-22(18,19)15-7-6-14(21-15)13-8-9-16-20-13/h3-9,17H,1-2H3. The predicted molar refractivity (Wildman–Crippen MR) is 86.5 cm³/mol. The van der Waals surface area contributed by atoms with Crippen molar-refractivity contribution in [3.8, 4) is 10.6 Å². The van der Waals surface area contributed by atoms with E-state index in [0.29, 0.717) is 11.4 Å². The molecular weight excluding hydrogens is 320 g/mol. The van der Waals surface area contributed by atoms with E-state index in [1.807, 2.05) is 26.0 Å². The largest absolute Gasteiger partial charge is 0.355 e. The van der Waals surface area contributed by atoms with Gasteiger partial charge in [-0.05, 0) is 43.2 Å². The molecular formula is C15H14N2O3S2. The van der Waals surface area contributed by atoms with Crippen LogP contribution in [-0.4, -0.2) is 13.6 Å². The number of sulfonamides is 1. The van der Waals surface area contributed by atoms with Crippen LogP contribution in [0.25, 0.3) is 10.6 Å². The van der Waals surface area contributed by atoms with Gasteiger partial charge in [-0.3, -0.25) is 4.72 Å². The third kappa shape index (κ3) is 2.77. The van der Waals surface area contributed by atoms with Crippen LogP contribution in [0.1, 0.15) is 11.1 Å². The summed E-state index contributed by atoms with van der Waals surface area (Å²) in [5.41, 5.74) is 2.54. The lowest BCUT2D eigenvalue weighted by molar-refractivity contribution is 0.433. The topological polar surface area (TPSA) is 72.2 Å². The molecule has 0 unspecified atom stereocenters. The summed E-state index contributed by atoms with van der Waals surface area (Å²) in [6, 6.07) is 10.5. The normalized spacial score (nSPS) is 11.5. The fourth-order valence-electron chi connectivity index (χ4n) is 2.00. The highest BCUT2D eigenvalue weighted by Crippen LogP contribution is 2.32. The van der Waals surface area contributed by atoms with Crippen molar-refractivity contribution in [3.63, 3.8) is 0 Å². The second kappa shape index (κ2) is 5.58. The van der Waals surface area contributed by atoms with E-state index in [9.17, 15) is 8.42 Å². The summed E-state index contributed by atoms with van der Waals surface area (Å²) in [4.78, 5) is 0.721. The van der Waals surface area contributed by atoms with Crippen molar-refractivity contribution in [1.29, 1.82) is 0 Å². The van der Waals surface area contributed by atoms with E-state index in [1.54, 1.807) is 24.3 Å². The Morgan fingerprint density at radius 3 is 2.68 bits per heavy atom. The summed E-state index contributed by atoms with van der Waals surface area (Å²) in [5.74, 6) is 0.554. The molecule has 114 valence electrons. The summed E-state index contributed by atoms with van der Waals surface area (Å²) >= 11 is 1.14. The minimum atomic E-state index is -3.62. The van der Waals surface area contributed by atoms with Crippen LogP contribution in [0.3, 0.4) is 0 Å². The van der Waals surface area contributed by atoms with Gasteiger partial charge in [-0.25, -0.2) is 8.42 Å². The molecule has 2 aromatic heterocycles. The van der Waals surface area contributed by atoms with E-state index < -0.39 is 10.0 Å². The lowest BCUT2D eigenvalue weighted by Gasteiger charge is -2.10. The molecule has 0 aliphatic carbocycles. The number of benzene rings is 1. The Morgan fingerprint density at radius 2 is 1.95 bits per heavy atom. The molecule has 2 heterocycles. The Morgan fingerprint density at radius 1 is 1.14 bits per heavy atom. The number of nitrogens with one attached hydrogen (secondary N) is 1. The van der Waals surface area contributed by atoms with Gasteiger partial charge in [-0.15, -0.1) is 11.3 Å². The molecule has 0 fully saturated rings. The van der Waals surface area contributed by atoms with E-state index in [0.717, 1.165) is 27.3 Å². The molecule has 0 aliphatic rings. The van der Waals surface area contributed by atoms with Gasteiger partial charge >= 0.3 is 0 Å². The number of hydrogen-bond acceptors (Lipinski definition) is 5. The molecule has 3 rings (SSSR count). The van der Waals surface area contributed by atoms with Crippen molar-refractivity contribution in [2.45, 2.75) is 18.1 Å². The zero-order chi connectivity index (χ0) is 15.7. The number of aryl methyl sites for hydroxylation is 1. The maximum atomic E-state index is 12.5. The number of thiophene rings is 1. The Kier molecular flexibility index (Phi) is 3.76. The van der Waals surface area contributed by atoms with Crippen molar-refractivity contribution >= 4 is 27.0 Å². The monoisotopic (exact) mass is 334 g/mol. The molecule has 0 atom stereocenters. The average Bonchev–Trinajstić information content (AvgIpc) is 3.13. The molecule has 0 saturated carbocycles. The molecule has 7 heteroatoms. The van der Waals surface area contributed by atoms with Gasteiger partial charge in [0.25, 0.3) is 10.0 Å². The molecule has 3 aromatic rings. The maximum Gasteiger partial charge on any atom is 0.271 e. The van der Waals surface area contributed by atoms with Crippen molar-refractivity contribution in [3.05, 3.63) is 53.7 Å². The summed E-state index contributed by atoms with van der Waals surface area (Å²) in [7, 11) is -3.62. The highest BCUT2D eigenvalue weighted by molar-refractivity contribution is 7.94. The van der Waals surface area contributed by atoms with Crippen molar-refractivity contribution in [2.75, 3.05) is 4.72 Å². The Hall–Kier alpha value is -2.12. The lowest BCUT2D eigenvalue weighted by Crippen LogP contribution is -2.12. The molecule has 0 amide bonds. The number of rotatable bonds is 4. The fraction of sp³-hybridized carbons (Fsp3) is 0.133. The average molecular weight is 334 g/mol. The van der Waals surface area contributed by atoms with Crippen LogP contribution in [0.15, 0.2) is 51.3 Å². The van der Waals surface area contributed by atoms with Gasteiger partial charge in [0.15, 0.2) is 5.76 Å². The molecule has 1 aromatic carbocycles. The number of anilines is 1. The summed E-state index contributed by atoms with van der Waals surface area (Å²) in [6.45, 7) is 3.84. The summed E-state index contributed by atoms with van der Waals surface area (Å²) in [6.07, 6.45) is 1.53. The minimum absolute atomic E-state index is 0.236. The van der Waals surface area contributed by atoms with Gasteiger partial charge < -0.3 is 4.52 Å². The molecule has 0 spiro atoms. The van der Waals surface area contributed by atoms with Crippen LogP contribution >= 0.6 is 11.3 Å². The Labute approximate surface area is 132 Å².